The third kappa shape index (κ3) is 4.80. The number of nitrogens with one attached hydrogen (secondary N) is 2. The van der Waals surface area contributed by atoms with Gasteiger partial charge in [0.2, 0.25) is 0 Å². The lowest BCUT2D eigenvalue weighted by molar-refractivity contribution is 0.0912. The summed E-state index contributed by atoms with van der Waals surface area (Å²) in [6, 6.07) is 12.0. The van der Waals surface area contributed by atoms with Gasteiger partial charge in [-0.05, 0) is 104 Å². The molecule has 0 radical (unpaired) electrons. The van der Waals surface area contributed by atoms with Crippen LogP contribution in [0.25, 0.3) is 11.3 Å². The molecule has 0 aliphatic heterocycles. The second-order valence-electron chi connectivity index (χ2n) is 9.35. The van der Waals surface area contributed by atoms with Crippen molar-refractivity contribution in [2.75, 3.05) is 12.4 Å². The van der Waals surface area contributed by atoms with Crippen LogP contribution in [0, 0.1) is 17.6 Å². The zero-order valence-electron chi connectivity index (χ0n) is 18.9. The molecule has 0 spiro atoms. The summed E-state index contributed by atoms with van der Waals surface area (Å²) >= 11 is 0. The van der Waals surface area contributed by atoms with E-state index in [1.165, 1.54) is 56.0 Å². The molecule has 2 aliphatic carbocycles. The number of carbonyl (C=O) groups excluding carboxylic acids is 1. The van der Waals surface area contributed by atoms with Crippen LogP contribution in [0.1, 0.15) is 71.8 Å². The highest BCUT2D eigenvalue weighted by Gasteiger charge is 2.27. The maximum Gasteiger partial charge on any atom is 0.287 e. The summed E-state index contributed by atoms with van der Waals surface area (Å²) in [4.78, 5) is 12.8. The summed E-state index contributed by atoms with van der Waals surface area (Å²) in [7, 11) is 1.45. The predicted molar refractivity (Wildman–Crippen MR) is 124 cm³/mol. The van der Waals surface area contributed by atoms with E-state index >= 15 is 0 Å². The number of benzene rings is 2. The van der Waals surface area contributed by atoms with Crippen molar-refractivity contribution in [3.05, 3.63) is 76.5 Å². The van der Waals surface area contributed by atoms with Crippen LogP contribution in [0.5, 0.6) is 0 Å². The lowest BCUT2D eigenvalue weighted by Crippen LogP contribution is -2.26. The zero-order chi connectivity index (χ0) is 23.1. The molecule has 2 N–H and O–H groups in total. The Morgan fingerprint density at radius 3 is 2.42 bits per heavy atom. The number of hydrogen-bond donors (Lipinski definition) is 2. The monoisotopic (exact) mass is 450 g/mol. The van der Waals surface area contributed by atoms with Crippen LogP contribution in [0.2, 0.25) is 0 Å². The summed E-state index contributed by atoms with van der Waals surface area (Å²) in [6.45, 7) is 1.68. The van der Waals surface area contributed by atoms with Gasteiger partial charge >= 0.3 is 0 Å². The molecule has 33 heavy (non-hydrogen) atoms. The van der Waals surface area contributed by atoms with Crippen molar-refractivity contribution >= 4 is 11.6 Å². The van der Waals surface area contributed by atoms with Crippen molar-refractivity contribution < 1.29 is 18.0 Å². The third-order valence-electron chi connectivity index (χ3n) is 6.56. The Hall–Kier alpha value is -3.15. The highest BCUT2D eigenvalue weighted by atomic mass is 19.1. The molecule has 2 fully saturated rings. The van der Waals surface area contributed by atoms with Gasteiger partial charge < -0.3 is 15.1 Å². The summed E-state index contributed by atoms with van der Waals surface area (Å²) in [5.74, 6) is 0.426. The van der Waals surface area contributed by atoms with Gasteiger partial charge in [0, 0.05) is 12.6 Å². The van der Waals surface area contributed by atoms with Gasteiger partial charge in [-0.3, -0.25) is 4.79 Å². The fourth-order valence-corrected chi connectivity index (χ4v) is 4.33. The Morgan fingerprint density at radius 1 is 1.06 bits per heavy atom. The van der Waals surface area contributed by atoms with Crippen LogP contribution in [0.15, 0.2) is 46.9 Å². The first-order valence-electron chi connectivity index (χ1n) is 11.6. The molecule has 1 unspecified atom stereocenters. The van der Waals surface area contributed by atoms with E-state index in [1.54, 1.807) is 13.0 Å². The minimum atomic E-state index is -0.702. The number of furan rings is 1. The summed E-state index contributed by atoms with van der Waals surface area (Å²) in [5.41, 5.74) is 3.83. The van der Waals surface area contributed by atoms with Gasteiger partial charge in [-0.25, -0.2) is 8.78 Å². The number of rotatable bonds is 8. The SMILES string of the molecule is CNc1c(F)cc(C(C)NC(=O)c2ccc(-c3cc(CC4CC4)cc(C4CC4)c3)o2)cc1F. The van der Waals surface area contributed by atoms with Crippen molar-refractivity contribution in [2.24, 2.45) is 5.92 Å². The van der Waals surface area contributed by atoms with Crippen molar-refractivity contribution in [3.63, 3.8) is 0 Å². The number of carbonyl (C=O) groups is 1. The molecule has 0 bridgehead atoms. The first kappa shape index (κ1) is 21.7. The van der Waals surface area contributed by atoms with Crippen LogP contribution in [0.3, 0.4) is 0 Å². The summed E-state index contributed by atoms with van der Waals surface area (Å²) in [5, 5.41) is 5.26. The minimum absolute atomic E-state index is 0.171. The average molecular weight is 451 g/mol. The molecule has 172 valence electrons. The number of anilines is 1. The highest BCUT2D eigenvalue weighted by Crippen LogP contribution is 2.43. The minimum Gasteiger partial charge on any atom is -0.451 e. The van der Waals surface area contributed by atoms with E-state index in [1.807, 2.05) is 6.07 Å². The van der Waals surface area contributed by atoms with E-state index in [4.69, 9.17) is 4.42 Å². The molecule has 2 aliphatic rings. The van der Waals surface area contributed by atoms with Gasteiger partial charge in [0.1, 0.15) is 23.1 Å². The second-order valence-corrected chi connectivity index (χ2v) is 9.35. The van der Waals surface area contributed by atoms with Gasteiger partial charge in [-0.1, -0.05) is 6.07 Å². The molecule has 6 heteroatoms. The Kier molecular flexibility index (Phi) is 5.69. The lowest BCUT2D eigenvalue weighted by atomic mass is 9.98. The molecule has 1 atom stereocenters. The van der Waals surface area contributed by atoms with E-state index in [9.17, 15) is 13.6 Å². The molecule has 1 aromatic heterocycles. The van der Waals surface area contributed by atoms with Gasteiger partial charge in [0.15, 0.2) is 5.76 Å². The quantitative estimate of drug-likeness (QED) is 0.407. The molecule has 2 saturated carbocycles. The number of halogens is 2. The summed E-state index contributed by atoms with van der Waals surface area (Å²) in [6.07, 6.45) is 6.16. The predicted octanol–water partition coefficient (Wildman–Crippen LogP) is 6.59. The Bertz CT molecular complexity index is 1170. The molecule has 1 amide bonds. The fourth-order valence-electron chi connectivity index (χ4n) is 4.33. The maximum absolute atomic E-state index is 14.1. The molecular weight excluding hydrogens is 422 g/mol. The van der Waals surface area contributed by atoms with Gasteiger partial charge in [0.25, 0.3) is 5.91 Å². The van der Waals surface area contributed by atoms with Crippen molar-refractivity contribution in [2.45, 2.75) is 51.0 Å². The maximum atomic E-state index is 14.1. The van der Waals surface area contributed by atoms with Crippen LogP contribution in [-0.2, 0) is 6.42 Å². The molecule has 0 saturated heterocycles. The molecule has 5 rings (SSSR count). The molecule has 3 aromatic rings. The number of amides is 1. The van der Waals surface area contributed by atoms with Crippen LogP contribution in [0.4, 0.5) is 14.5 Å². The number of hydrogen-bond acceptors (Lipinski definition) is 3. The summed E-state index contributed by atoms with van der Waals surface area (Å²) < 4.78 is 34.1. The standard InChI is InChI=1S/C27H28F2N2O2/c1-15(19-13-22(28)26(30-2)23(29)14-19)31-27(32)25-8-7-24(33-25)21-11-17(9-16-3-4-16)10-20(12-21)18-5-6-18/h7-8,10-16,18,30H,3-6,9H2,1-2H3,(H,31,32). The van der Waals surface area contributed by atoms with Gasteiger partial charge in [-0.2, -0.15) is 0 Å². The van der Waals surface area contributed by atoms with Crippen LogP contribution < -0.4 is 10.6 Å². The van der Waals surface area contributed by atoms with Crippen LogP contribution in [-0.4, -0.2) is 13.0 Å². The first-order valence-corrected chi connectivity index (χ1v) is 11.6. The lowest BCUT2D eigenvalue weighted by Gasteiger charge is -2.15. The molecule has 1 heterocycles. The van der Waals surface area contributed by atoms with Crippen LogP contribution >= 0.6 is 0 Å². The topological polar surface area (TPSA) is 54.3 Å². The van der Waals surface area contributed by atoms with E-state index < -0.39 is 23.6 Å². The average Bonchev–Trinajstić information content (AvgIpc) is 3.72. The van der Waals surface area contributed by atoms with Crippen molar-refractivity contribution in [1.82, 2.24) is 5.32 Å². The normalized spacial score (nSPS) is 16.5. The zero-order valence-corrected chi connectivity index (χ0v) is 18.9. The first-order chi connectivity index (χ1) is 15.9. The molecule has 2 aromatic carbocycles. The van der Waals surface area contributed by atoms with E-state index in [0.29, 0.717) is 17.2 Å². The van der Waals surface area contributed by atoms with E-state index in [0.717, 1.165) is 17.9 Å². The fraction of sp³-hybridized carbons (Fsp3) is 0.370. The Balaban J connectivity index is 1.33. The van der Waals surface area contributed by atoms with E-state index in [-0.39, 0.29) is 11.4 Å². The highest BCUT2D eigenvalue weighted by molar-refractivity contribution is 5.92. The smallest absolute Gasteiger partial charge is 0.287 e. The van der Waals surface area contributed by atoms with Gasteiger partial charge in [-0.15, -0.1) is 0 Å². The Morgan fingerprint density at radius 2 is 1.79 bits per heavy atom. The second kappa shape index (κ2) is 8.65. The van der Waals surface area contributed by atoms with Gasteiger partial charge in [0.05, 0.1) is 6.04 Å². The van der Waals surface area contributed by atoms with Crippen molar-refractivity contribution in [1.29, 1.82) is 0 Å². The molecular formula is C27H28F2N2O2. The molecule has 4 nitrogen and oxygen atoms in total. The van der Waals surface area contributed by atoms with E-state index in [2.05, 4.69) is 28.8 Å². The van der Waals surface area contributed by atoms with Crippen molar-refractivity contribution in [3.8, 4) is 11.3 Å². The third-order valence-corrected chi connectivity index (χ3v) is 6.56. The largest absolute Gasteiger partial charge is 0.451 e. The Labute approximate surface area is 192 Å².